The molecule has 2 nitrogen and oxygen atoms in total. The number of carbonyl (C=O) groups is 1. The molecule has 1 aliphatic carbocycles. The monoisotopic (exact) mass is 441 g/mol. The molecule has 0 heterocycles. The zero-order valence-electron chi connectivity index (χ0n) is 9.76. The number of halogens is 3. The predicted molar refractivity (Wildman–Crippen MR) is 86.6 cm³/mol. The van der Waals surface area contributed by atoms with Gasteiger partial charge in [0.05, 0.1) is 5.02 Å². The molecule has 98 valence electrons. The van der Waals surface area contributed by atoms with Gasteiger partial charge in [-0.25, -0.2) is 0 Å². The molecular formula is C13H14BrClINO. The number of benzene rings is 1. The lowest BCUT2D eigenvalue weighted by Crippen LogP contribution is -2.37. The Kier molecular flexibility index (Phi) is 5.33. The summed E-state index contributed by atoms with van der Waals surface area (Å²) < 4.78 is 0.964. The fraction of sp³-hybridized carbons (Fsp3) is 0.462. The molecule has 0 radical (unpaired) electrons. The zero-order valence-corrected chi connectivity index (χ0v) is 14.3. The summed E-state index contributed by atoms with van der Waals surface area (Å²) in [5, 5.41) is 3.71. The third-order valence-corrected chi connectivity index (χ3v) is 5.66. The van der Waals surface area contributed by atoms with Crippen molar-refractivity contribution < 1.29 is 4.79 Å². The Bertz CT molecular complexity index is 447. The van der Waals surface area contributed by atoms with Crippen LogP contribution in [0.1, 0.15) is 36.0 Å². The summed E-state index contributed by atoms with van der Waals surface area (Å²) in [6, 6.07) is 5.71. The van der Waals surface area contributed by atoms with E-state index in [9.17, 15) is 4.79 Å². The molecule has 1 N–H and O–H groups in total. The van der Waals surface area contributed by atoms with Gasteiger partial charge in [0, 0.05) is 20.0 Å². The number of rotatable bonds is 2. The van der Waals surface area contributed by atoms with Gasteiger partial charge in [-0.1, -0.05) is 27.5 Å². The van der Waals surface area contributed by atoms with E-state index in [1.807, 2.05) is 12.1 Å². The molecule has 1 amide bonds. The Balaban J connectivity index is 1.97. The Labute approximate surface area is 134 Å². The van der Waals surface area contributed by atoms with Crippen molar-refractivity contribution in [2.45, 2.75) is 36.6 Å². The van der Waals surface area contributed by atoms with E-state index in [4.69, 9.17) is 11.6 Å². The van der Waals surface area contributed by atoms with Gasteiger partial charge < -0.3 is 5.32 Å². The van der Waals surface area contributed by atoms with Crippen LogP contribution in [-0.4, -0.2) is 16.8 Å². The van der Waals surface area contributed by atoms with Crippen LogP contribution in [0, 0.1) is 3.57 Å². The van der Waals surface area contributed by atoms with E-state index in [-0.39, 0.29) is 5.91 Å². The molecule has 1 aliphatic rings. The van der Waals surface area contributed by atoms with Crippen LogP contribution in [-0.2, 0) is 0 Å². The summed E-state index contributed by atoms with van der Waals surface area (Å²) in [5.41, 5.74) is 0.640. The summed E-state index contributed by atoms with van der Waals surface area (Å²) in [7, 11) is 0. The SMILES string of the molecule is O=C(NC1CCC(Br)CC1)c1ccc(I)c(Cl)c1. The van der Waals surface area contributed by atoms with Gasteiger partial charge in [-0.3, -0.25) is 4.79 Å². The number of hydrogen-bond acceptors (Lipinski definition) is 1. The lowest BCUT2D eigenvalue weighted by molar-refractivity contribution is 0.0928. The van der Waals surface area contributed by atoms with Gasteiger partial charge in [0.1, 0.15) is 0 Å². The topological polar surface area (TPSA) is 29.1 Å². The molecule has 18 heavy (non-hydrogen) atoms. The van der Waals surface area contributed by atoms with Crippen molar-refractivity contribution in [3.05, 3.63) is 32.4 Å². The summed E-state index contributed by atoms with van der Waals surface area (Å²) in [5.74, 6) is -0.0219. The van der Waals surface area contributed by atoms with Crippen LogP contribution in [0.15, 0.2) is 18.2 Å². The first-order valence-corrected chi connectivity index (χ1v) is 8.33. The van der Waals surface area contributed by atoms with Gasteiger partial charge in [0.2, 0.25) is 0 Å². The van der Waals surface area contributed by atoms with Crippen LogP contribution in [0.5, 0.6) is 0 Å². The summed E-state index contributed by atoms with van der Waals surface area (Å²) in [6.45, 7) is 0. The van der Waals surface area contributed by atoms with Crippen molar-refractivity contribution in [1.82, 2.24) is 5.32 Å². The van der Waals surface area contributed by atoms with E-state index >= 15 is 0 Å². The quantitative estimate of drug-likeness (QED) is 0.535. The molecule has 2 rings (SSSR count). The first-order valence-electron chi connectivity index (χ1n) is 5.96. The van der Waals surface area contributed by atoms with E-state index in [2.05, 4.69) is 43.8 Å². The van der Waals surface area contributed by atoms with Crippen LogP contribution < -0.4 is 5.32 Å². The second-order valence-corrected chi connectivity index (χ2v) is 7.42. The highest BCUT2D eigenvalue weighted by Crippen LogP contribution is 2.25. The van der Waals surface area contributed by atoms with Gasteiger partial charge in [-0.05, 0) is 66.5 Å². The first kappa shape index (κ1) is 14.6. The third-order valence-electron chi connectivity index (χ3n) is 3.17. The predicted octanol–water partition coefficient (Wildman–Crippen LogP) is 4.38. The molecule has 0 bridgehead atoms. The molecule has 0 saturated heterocycles. The van der Waals surface area contributed by atoms with Crippen molar-refractivity contribution in [1.29, 1.82) is 0 Å². The Morgan fingerprint density at radius 3 is 2.61 bits per heavy atom. The molecule has 0 atom stereocenters. The van der Waals surface area contributed by atoms with Crippen LogP contribution in [0.2, 0.25) is 5.02 Å². The van der Waals surface area contributed by atoms with Crippen LogP contribution in [0.3, 0.4) is 0 Å². The lowest BCUT2D eigenvalue weighted by atomic mass is 9.95. The van der Waals surface area contributed by atoms with Crippen LogP contribution >= 0.6 is 50.1 Å². The van der Waals surface area contributed by atoms with Crippen LogP contribution in [0.4, 0.5) is 0 Å². The highest BCUT2D eigenvalue weighted by molar-refractivity contribution is 14.1. The average Bonchev–Trinajstić information content (AvgIpc) is 2.35. The number of alkyl halides is 1. The molecule has 5 heteroatoms. The van der Waals surface area contributed by atoms with E-state index in [0.717, 1.165) is 29.3 Å². The lowest BCUT2D eigenvalue weighted by Gasteiger charge is -2.26. The second-order valence-electron chi connectivity index (χ2n) is 4.55. The number of hydrogen-bond donors (Lipinski definition) is 1. The number of carbonyl (C=O) groups excluding carboxylic acids is 1. The van der Waals surface area contributed by atoms with E-state index in [0.29, 0.717) is 21.5 Å². The van der Waals surface area contributed by atoms with Crippen molar-refractivity contribution in [2.75, 3.05) is 0 Å². The second kappa shape index (κ2) is 6.57. The maximum Gasteiger partial charge on any atom is 0.251 e. The largest absolute Gasteiger partial charge is 0.349 e. The molecule has 1 saturated carbocycles. The molecular weight excluding hydrogens is 428 g/mol. The zero-order chi connectivity index (χ0) is 13.1. The fourth-order valence-electron chi connectivity index (χ4n) is 2.10. The minimum atomic E-state index is -0.0219. The average molecular weight is 443 g/mol. The van der Waals surface area contributed by atoms with E-state index < -0.39 is 0 Å². The molecule has 0 unspecified atom stereocenters. The van der Waals surface area contributed by atoms with Gasteiger partial charge in [0.25, 0.3) is 5.91 Å². The summed E-state index contributed by atoms with van der Waals surface area (Å²) in [4.78, 5) is 12.7. The molecule has 0 aromatic heterocycles. The third kappa shape index (κ3) is 3.84. The normalized spacial score (nSPS) is 23.7. The van der Waals surface area contributed by atoms with Crippen molar-refractivity contribution in [3.8, 4) is 0 Å². The molecule has 1 aromatic carbocycles. The molecule has 0 aliphatic heterocycles. The van der Waals surface area contributed by atoms with Crippen molar-refractivity contribution >= 4 is 56.0 Å². The molecule has 1 aromatic rings. The summed E-state index contributed by atoms with van der Waals surface area (Å²) >= 11 is 11.8. The van der Waals surface area contributed by atoms with Gasteiger partial charge in [-0.2, -0.15) is 0 Å². The van der Waals surface area contributed by atoms with Gasteiger partial charge in [-0.15, -0.1) is 0 Å². The minimum Gasteiger partial charge on any atom is -0.349 e. The van der Waals surface area contributed by atoms with E-state index in [1.54, 1.807) is 6.07 Å². The standard InChI is InChI=1S/C13H14BrClINO/c14-9-2-4-10(5-3-9)17-13(18)8-1-6-12(16)11(15)7-8/h1,6-7,9-10H,2-5H2,(H,17,18). The van der Waals surface area contributed by atoms with Crippen molar-refractivity contribution in [3.63, 3.8) is 0 Å². The Morgan fingerprint density at radius 1 is 1.33 bits per heavy atom. The minimum absolute atomic E-state index is 0.0219. The van der Waals surface area contributed by atoms with Gasteiger partial charge >= 0.3 is 0 Å². The van der Waals surface area contributed by atoms with E-state index in [1.165, 1.54) is 0 Å². The smallest absolute Gasteiger partial charge is 0.251 e. The highest BCUT2D eigenvalue weighted by atomic mass is 127. The first-order chi connectivity index (χ1) is 8.56. The summed E-state index contributed by atoms with van der Waals surface area (Å²) in [6.07, 6.45) is 4.33. The number of nitrogens with one attached hydrogen (secondary N) is 1. The van der Waals surface area contributed by atoms with Crippen LogP contribution in [0.25, 0.3) is 0 Å². The maximum absolute atomic E-state index is 12.1. The molecule has 1 fully saturated rings. The Morgan fingerprint density at radius 2 is 2.00 bits per heavy atom. The Hall–Kier alpha value is 0.190. The highest BCUT2D eigenvalue weighted by Gasteiger charge is 2.21. The van der Waals surface area contributed by atoms with Gasteiger partial charge in [0.15, 0.2) is 0 Å². The van der Waals surface area contributed by atoms with Crippen molar-refractivity contribution in [2.24, 2.45) is 0 Å². The molecule has 0 spiro atoms. The number of amides is 1. The fourth-order valence-corrected chi connectivity index (χ4v) is 3.15. The maximum atomic E-state index is 12.1.